The fraction of sp³-hybridized carbons (Fsp3) is 0.167. The molecular weight excluding hydrogens is 460 g/mol. The maximum Gasteiger partial charge on any atom is 0.263 e. The number of hydrogen-bond acceptors (Lipinski definition) is 6. The van der Waals surface area contributed by atoms with Crippen LogP contribution in [0.4, 0.5) is 8.78 Å². The van der Waals surface area contributed by atoms with E-state index in [4.69, 9.17) is 5.26 Å². The first-order valence-electron chi connectivity index (χ1n) is 10.2. The van der Waals surface area contributed by atoms with Crippen molar-refractivity contribution in [3.05, 3.63) is 94.9 Å². The summed E-state index contributed by atoms with van der Waals surface area (Å²) in [6, 6.07) is 15.4. The zero-order valence-corrected chi connectivity index (χ0v) is 18.8. The molecule has 2 aromatic heterocycles. The Morgan fingerprint density at radius 3 is 2.62 bits per heavy atom. The standard InChI is InChI=1S/C24H19F2N5O2S/c1-30(23(32)22-9-8-21(34-22)17-4-2-16(11-27)3-5-17)12-24(33,13-31-15-28-14-29-31)19-7-6-18(25)10-20(19)26/h2-10,14-15,33H,12-13H2,1H3. The summed E-state index contributed by atoms with van der Waals surface area (Å²) in [5.74, 6) is -2.07. The summed E-state index contributed by atoms with van der Waals surface area (Å²) < 4.78 is 29.4. The molecule has 4 aromatic rings. The van der Waals surface area contributed by atoms with Crippen LogP contribution in [0.15, 0.2) is 67.3 Å². The molecule has 4 rings (SSSR count). The van der Waals surface area contributed by atoms with Crippen molar-refractivity contribution < 1.29 is 18.7 Å². The Labute approximate surface area is 198 Å². The topological polar surface area (TPSA) is 95.0 Å². The van der Waals surface area contributed by atoms with E-state index in [1.807, 2.05) is 0 Å². The fourth-order valence-corrected chi connectivity index (χ4v) is 4.65. The molecule has 1 amide bonds. The molecule has 0 aliphatic rings. The highest BCUT2D eigenvalue weighted by Gasteiger charge is 2.36. The van der Waals surface area contributed by atoms with Crippen LogP contribution in [-0.4, -0.2) is 44.3 Å². The lowest BCUT2D eigenvalue weighted by atomic mass is 9.92. The molecule has 1 atom stereocenters. The highest BCUT2D eigenvalue weighted by molar-refractivity contribution is 7.17. The lowest BCUT2D eigenvalue weighted by Gasteiger charge is -2.33. The number of likely N-dealkylation sites (N-methyl/N-ethyl adjacent to an activating group) is 1. The Bertz CT molecular complexity index is 1350. The van der Waals surface area contributed by atoms with Crippen molar-refractivity contribution in [2.45, 2.75) is 12.1 Å². The molecule has 172 valence electrons. The van der Waals surface area contributed by atoms with Crippen molar-refractivity contribution in [1.29, 1.82) is 5.26 Å². The van der Waals surface area contributed by atoms with Gasteiger partial charge in [-0.15, -0.1) is 11.3 Å². The van der Waals surface area contributed by atoms with Crippen molar-refractivity contribution in [2.75, 3.05) is 13.6 Å². The summed E-state index contributed by atoms with van der Waals surface area (Å²) in [5.41, 5.74) is -0.658. The van der Waals surface area contributed by atoms with Crippen molar-refractivity contribution >= 4 is 17.2 Å². The van der Waals surface area contributed by atoms with Gasteiger partial charge in [0.15, 0.2) is 0 Å². The van der Waals surface area contributed by atoms with Crippen LogP contribution in [0.3, 0.4) is 0 Å². The lowest BCUT2D eigenvalue weighted by Crippen LogP contribution is -2.45. The van der Waals surface area contributed by atoms with Gasteiger partial charge in [-0.3, -0.25) is 4.79 Å². The van der Waals surface area contributed by atoms with E-state index in [1.54, 1.807) is 36.4 Å². The van der Waals surface area contributed by atoms with Crippen molar-refractivity contribution in [3.63, 3.8) is 0 Å². The number of hydrogen-bond donors (Lipinski definition) is 1. The SMILES string of the molecule is CN(CC(O)(Cn1cncn1)c1ccc(F)cc1F)C(=O)c1ccc(-c2ccc(C#N)cc2)s1. The zero-order valence-electron chi connectivity index (χ0n) is 18.0. The van der Waals surface area contributed by atoms with Gasteiger partial charge in [-0.25, -0.2) is 18.4 Å². The van der Waals surface area contributed by atoms with Gasteiger partial charge in [0.1, 0.15) is 29.9 Å². The second-order valence-electron chi connectivity index (χ2n) is 7.76. The number of aromatic nitrogens is 3. The number of carbonyl (C=O) groups is 1. The van der Waals surface area contributed by atoms with E-state index < -0.39 is 17.2 Å². The molecule has 7 nitrogen and oxygen atoms in total. The molecule has 34 heavy (non-hydrogen) atoms. The maximum atomic E-state index is 14.6. The molecule has 0 aliphatic heterocycles. The molecular formula is C24H19F2N5O2S. The van der Waals surface area contributed by atoms with Crippen molar-refractivity contribution in [1.82, 2.24) is 19.7 Å². The number of rotatable bonds is 7. The summed E-state index contributed by atoms with van der Waals surface area (Å²) in [6.07, 6.45) is 2.63. The molecule has 0 spiro atoms. The van der Waals surface area contributed by atoms with E-state index >= 15 is 0 Å². The third kappa shape index (κ3) is 4.85. The van der Waals surface area contributed by atoms with Gasteiger partial charge < -0.3 is 10.0 Å². The molecule has 0 radical (unpaired) electrons. The van der Waals surface area contributed by atoms with E-state index in [0.29, 0.717) is 16.5 Å². The first kappa shape index (κ1) is 23.2. The first-order chi connectivity index (χ1) is 16.3. The molecule has 0 bridgehead atoms. The summed E-state index contributed by atoms with van der Waals surface area (Å²) in [4.78, 5) is 19.5. The Kier molecular flexibility index (Phi) is 6.49. The highest BCUT2D eigenvalue weighted by atomic mass is 32.1. The number of halogens is 2. The van der Waals surface area contributed by atoms with Gasteiger partial charge in [-0.2, -0.15) is 10.4 Å². The minimum absolute atomic E-state index is 0.159. The molecule has 10 heteroatoms. The maximum absolute atomic E-state index is 14.6. The number of carbonyl (C=O) groups excluding carboxylic acids is 1. The number of benzene rings is 2. The van der Waals surface area contributed by atoms with E-state index in [-0.39, 0.29) is 24.6 Å². The summed E-state index contributed by atoms with van der Waals surface area (Å²) in [6.45, 7) is -0.480. The van der Waals surface area contributed by atoms with Gasteiger partial charge in [0.25, 0.3) is 5.91 Å². The average molecular weight is 480 g/mol. The van der Waals surface area contributed by atoms with Crippen molar-refractivity contribution in [3.8, 4) is 16.5 Å². The fourth-order valence-electron chi connectivity index (χ4n) is 3.64. The number of thiophene rings is 1. The van der Waals surface area contributed by atoms with Gasteiger partial charge in [0, 0.05) is 23.6 Å². The zero-order chi connectivity index (χ0) is 24.3. The number of nitrogens with zero attached hydrogens (tertiary/aromatic N) is 5. The van der Waals surface area contributed by atoms with E-state index in [1.165, 1.54) is 40.6 Å². The predicted molar refractivity (Wildman–Crippen MR) is 122 cm³/mol. The third-order valence-electron chi connectivity index (χ3n) is 5.28. The predicted octanol–water partition coefficient (Wildman–Crippen LogP) is 3.82. The number of nitriles is 1. The minimum Gasteiger partial charge on any atom is -0.381 e. The Hall–Kier alpha value is -3.94. The molecule has 0 aliphatic carbocycles. The van der Waals surface area contributed by atoms with Crippen LogP contribution in [-0.2, 0) is 12.1 Å². The second kappa shape index (κ2) is 9.51. The van der Waals surface area contributed by atoms with Crippen LogP contribution >= 0.6 is 11.3 Å². The van der Waals surface area contributed by atoms with Crippen molar-refractivity contribution in [2.24, 2.45) is 0 Å². The summed E-state index contributed by atoms with van der Waals surface area (Å²) in [7, 11) is 1.50. The van der Waals surface area contributed by atoms with E-state index in [2.05, 4.69) is 16.2 Å². The van der Waals surface area contributed by atoms with Crippen LogP contribution in [0.1, 0.15) is 20.8 Å². The Balaban J connectivity index is 1.58. The molecule has 2 heterocycles. The Morgan fingerprint density at radius 1 is 1.21 bits per heavy atom. The van der Waals surface area contributed by atoms with Gasteiger partial charge in [-0.1, -0.05) is 18.2 Å². The molecule has 0 saturated carbocycles. The molecule has 2 aromatic carbocycles. The molecule has 1 unspecified atom stereocenters. The van der Waals surface area contributed by atoms with Crippen LogP contribution < -0.4 is 0 Å². The molecule has 1 N–H and O–H groups in total. The minimum atomic E-state index is -1.90. The number of amides is 1. The largest absolute Gasteiger partial charge is 0.381 e. The average Bonchev–Trinajstić information content (AvgIpc) is 3.50. The Morgan fingerprint density at radius 2 is 1.97 bits per heavy atom. The van der Waals surface area contributed by atoms with Crippen LogP contribution in [0.25, 0.3) is 10.4 Å². The van der Waals surface area contributed by atoms with Crippen LogP contribution in [0.5, 0.6) is 0 Å². The van der Waals surface area contributed by atoms with Crippen LogP contribution in [0, 0.1) is 23.0 Å². The summed E-state index contributed by atoms with van der Waals surface area (Å²) in [5, 5.41) is 24.4. The monoisotopic (exact) mass is 479 g/mol. The van der Waals surface area contributed by atoms with Gasteiger partial charge in [0.2, 0.25) is 0 Å². The highest BCUT2D eigenvalue weighted by Crippen LogP contribution is 2.31. The van der Waals surface area contributed by atoms with Crippen LogP contribution in [0.2, 0.25) is 0 Å². The van der Waals surface area contributed by atoms with E-state index in [0.717, 1.165) is 22.6 Å². The second-order valence-corrected chi connectivity index (χ2v) is 8.85. The quantitative estimate of drug-likeness (QED) is 0.435. The van der Waals surface area contributed by atoms with Gasteiger partial charge in [-0.05, 0) is 35.9 Å². The lowest BCUT2D eigenvalue weighted by molar-refractivity contribution is -0.0127. The smallest absolute Gasteiger partial charge is 0.263 e. The number of aliphatic hydroxyl groups is 1. The normalized spacial score (nSPS) is 12.7. The summed E-state index contributed by atoms with van der Waals surface area (Å²) >= 11 is 1.26. The van der Waals surface area contributed by atoms with Gasteiger partial charge >= 0.3 is 0 Å². The third-order valence-corrected chi connectivity index (χ3v) is 6.41. The molecule has 0 fully saturated rings. The first-order valence-corrected chi connectivity index (χ1v) is 11.0. The van der Waals surface area contributed by atoms with E-state index in [9.17, 15) is 18.7 Å². The van der Waals surface area contributed by atoms with Gasteiger partial charge in [0.05, 0.1) is 29.6 Å². The molecule has 0 saturated heterocycles.